The van der Waals surface area contributed by atoms with Gasteiger partial charge >= 0.3 is 0 Å². The van der Waals surface area contributed by atoms with Gasteiger partial charge in [0.05, 0.1) is 16.1 Å². The van der Waals surface area contributed by atoms with Crippen molar-refractivity contribution in [2.45, 2.75) is 12.0 Å². The second-order valence-corrected chi connectivity index (χ2v) is 6.83. The van der Waals surface area contributed by atoms with E-state index in [-0.39, 0.29) is 12.5 Å². The van der Waals surface area contributed by atoms with Crippen LogP contribution in [0.1, 0.15) is 23.1 Å². The fraction of sp³-hybridized carbons (Fsp3) is 0.200. The van der Waals surface area contributed by atoms with Gasteiger partial charge in [-0.1, -0.05) is 56.8 Å². The van der Waals surface area contributed by atoms with Gasteiger partial charge in [0.1, 0.15) is 0 Å². The monoisotopic (exact) mass is 407 g/mol. The van der Waals surface area contributed by atoms with Crippen LogP contribution in [-0.2, 0) is 0 Å². The van der Waals surface area contributed by atoms with Crippen molar-refractivity contribution in [3.05, 3.63) is 67.1 Å². The first kappa shape index (κ1) is 17.1. The van der Waals surface area contributed by atoms with E-state index in [2.05, 4.69) is 15.9 Å². The topological polar surface area (TPSA) is 46.2 Å². The minimum absolute atomic E-state index is 0.267. The van der Waals surface area contributed by atoms with Crippen molar-refractivity contribution in [2.75, 3.05) is 6.54 Å². The van der Waals surface area contributed by atoms with E-state index in [0.717, 1.165) is 10.0 Å². The number of halogens is 4. The average Bonchev–Trinajstić information content (AvgIpc) is 2.42. The molecule has 0 fully saturated rings. The van der Waals surface area contributed by atoms with Crippen molar-refractivity contribution in [2.24, 2.45) is 5.73 Å². The summed E-state index contributed by atoms with van der Waals surface area (Å²) in [5, 5.41) is 12.1. The van der Waals surface area contributed by atoms with Crippen molar-refractivity contribution >= 4 is 50.7 Å². The van der Waals surface area contributed by atoms with E-state index in [1.54, 1.807) is 24.3 Å². The summed E-state index contributed by atoms with van der Waals surface area (Å²) in [6.45, 7) is 0.267. The van der Waals surface area contributed by atoms with Crippen LogP contribution >= 0.6 is 50.7 Å². The van der Waals surface area contributed by atoms with Crippen molar-refractivity contribution in [3.8, 4) is 0 Å². The number of aliphatic hydroxyl groups is 1. The lowest BCUT2D eigenvalue weighted by Crippen LogP contribution is -2.20. The van der Waals surface area contributed by atoms with Crippen molar-refractivity contribution in [3.63, 3.8) is 0 Å². The molecule has 2 aromatic carbocycles. The number of nitrogens with two attached hydrogens (primary N) is 1. The highest BCUT2D eigenvalue weighted by Crippen LogP contribution is 2.35. The third-order valence-electron chi connectivity index (χ3n) is 3.23. The largest absolute Gasteiger partial charge is 0.388 e. The Morgan fingerprint density at radius 3 is 2.29 bits per heavy atom. The lowest BCUT2D eigenvalue weighted by atomic mass is 9.89. The molecule has 0 aliphatic carbocycles. The molecule has 0 amide bonds. The highest BCUT2D eigenvalue weighted by molar-refractivity contribution is 9.10. The third kappa shape index (κ3) is 4.13. The molecular formula is C15H13BrCl3NO. The molecule has 0 heterocycles. The molecule has 2 rings (SSSR count). The molecule has 2 nitrogen and oxygen atoms in total. The van der Waals surface area contributed by atoms with Gasteiger partial charge in [-0.3, -0.25) is 0 Å². The van der Waals surface area contributed by atoms with E-state index in [1.165, 1.54) is 0 Å². The fourth-order valence-corrected chi connectivity index (χ4v) is 3.36. The van der Waals surface area contributed by atoms with Gasteiger partial charge < -0.3 is 10.8 Å². The average molecular weight is 410 g/mol. The molecule has 0 aromatic heterocycles. The van der Waals surface area contributed by atoms with Gasteiger partial charge in [0, 0.05) is 22.0 Å². The fourth-order valence-electron chi connectivity index (χ4n) is 2.17. The molecule has 0 bridgehead atoms. The summed E-state index contributed by atoms with van der Waals surface area (Å²) < 4.78 is 0.800. The van der Waals surface area contributed by atoms with Gasteiger partial charge in [-0.15, -0.1) is 0 Å². The molecule has 2 unspecified atom stereocenters. The SMILES string of the molecule is NCC(c1ccc(Cl)c(Cl)c1)C(O)c1cc(Cl)cc(Br)c1. The summed E-state index contributed by atoms with van der Waals surface area (Å²) >= 11 is 21.3. The maximum Gasteiger partial charge on any atom is 0.0871 e. The number of hydrogen-bond acceptors (Lipinski definition) is 2. The zero-order valence-electron chi connectivity index (χ0n) is 10.9. The predicted octanol–water partition coefficient (Wildman–Crippen LogP) is 5.19. The predicted molar refractivity (Wildman–Crippen MR) is 92.4 cm³/mol. The van der Waals surface area contributed by atoms with Crippen molar-refractivity contribution in [1.29, 1.82) is 0 Å². The maximum atomic E-state index is 10.6. The second-order valence-electron chi connectivity index (χ2n) is 4.66. The number of benzene rings is 2. The van der Waals surface area contributed by atoms with E-state index in [1.807, 2.05) is 12.1 Å². The number of rotatable bonds is 4. The Morgan fingerprint density at radius 2 is 1.71 bits per heavy atom. The first-order chi connectivity index (χ1) is 9.92. The van der Waals surface area contributed by atoms with Gasteiger partial charge in [0.2, 0.25) is 0 Å². The Balaban J connectivity index is 2.37. The summed E-state index contributed by atoms with van der Waals surface area (Å²) in [6, 6.07) is 10.5. The van der Waals surface area contributed by atoms with Crippen LogP contribution in [0.15, 0.2) is 40.9 Å². The lowest BCUT2D eigenvalue weighted by molar-refractivity contribution is 0.147. The molecule has 0 spiro atoms. The minimum atomic E-state index is -0.790. The van der Waals surface area contributed by atoms with Gasteiger partial charge in [-0.05, 0) is 41.5 Å². The Kier molecular flexibility index (Phi) is 5.95. The zero-order chi connectivity index (χ0) is 15.6. The molecule has 0 saturated heterocycles. The Bertz CT molecular complexity index is 631. The second kappa shape index (κ2) is 7.32. The van der Waals surface area contributed by atoms with Gasteiger partial charge in [0.15, 0.2) is 0 Å². The van der Waals surface area contributed by atoms with Gasteiger partial charge in [-0.2, -0.15) is 0 Å². The lowest BCUT2D eigenvalue weighted by Gasteiger charge is -2.23. The first-order valence-electron chi connectivity index (χ1n) is 6.21. The quantitative estimate of drug-likeness (QED) is 0.730. The van der Waals surface area contributed by atoms with Crippen LogP contribution in [0.25, 0.3) is 0 Å². The third-order valence-corrected chi connectivity index (χ3v) is 4.65. The van der Waals surface area contributed by atoms with Crippen LogP contribution < -0.4 is 5.73 Å². The normalized spacial score (nSPS) is 14.0. The molecule has 21 heavy (non-hydrogen) atoms. The molecule has 112 valence electrons. The van der Waals surface area contributed by atoms with E-state index in [0.29, 0.717) is 20.6 Å². The Hall–Kier alpha value is -0.290. The molecule has 0 saturated carbocycles. The van der Waals surface area contributed by atoms with E-state index in [4.69, 9.17) is 40.5 Å². The molecule has 2 atom stereocenters. The van der Waals surface area contributed by atoms with E-state index < -0.39 is 6.10 Å². The zero-order valence-corrected chi connectivity index (χ0v) is 14.7. The van der Waals surface area contributed by atoms with Crippen LogP contribution in [0.3, 0.4) is 0 Å². The Labute approximate surface area is 146 Å². The molecule has 0 radical (unpaired) electrons. The van der Waals surface area contributed by atoms with Crippen LogP contribution in [0.4, 0.5) is 0 Å². The molecular weight excluding hydrogens is 396 g/mol. The van der Waals surface area contributed by atoms with Crippen molar-refractivity contribution < 1.29 is 5.11 Å². The van der Waals surface area contributed by atoms with E-state index >= 15 is 0 Å². The van der Waals surface area contributed by atoms with Gasteiger partial charge in [0.25, 0.3) is 0 Å². The van der Waals surface area contributed by atoms with Crippen LogP contribution in [0.2, 0.25) is 15.1 Å². The summed E-state index contributed by atoms with van der Waals surface area (Å²) in [5.41, 5.74) is 7.35. The molecule has 0 aliphatic rings. The van der Waals surface area contributed by atoms with Crippen LogP contribution in [-0.4, -0.2) is 11.7 Å². The van der Waals surface area contributed by atoms with E-state index in [9.17, 15) is 5.11 Å². The van der Waals surface area contributed by atoms with Crippen LogP contribution in [0.5, 0.6) is 0 Å². The standard InChI is InChI=1S/C15H13BrCl3NO/c16-10-3-9(4-11(17)6-10)15(21)12(7-20)8-1-2-13(18)14(19)5-8/h1-6,12,15,21H,7,20H2. The molecule has 2 aromatic rings. The summed E-state index contributed by atoms with van der Waals surface area (Å²) in [4.78, 5) is 0. The van der Waals surface area contributed by atoms with Crippen molar-refractivity contribution in [1.82, 2.24) is 0 Å². The smallest absolute Gasteiger partial charge is 0.0871 e. The van der Waals surface area contributed by atoms with Crippen LogP contribution in [0, 0.1) is 0 Å². The summed E-state index contributed by atoms with van der Waals surface area (Å²) in [6.07, 6.45) is -0.790. The first-order valence-corrected chi connectivity index (χ1v) is 8.14. The maximum absolute atomic E-state index is 10.6. The molecule has 6 heteroatoms. The molecule has 0 aliphatic heterocycles. The number of aliphatic hydroxyl groups excluding tert-OH is 1. The summed E-state index contributed by atoms with van der Waals surface area (Å²) in [7, 11) is 0. The summed E-state index contributed by atoms with van der Waals surface area (Å²) in [5.74, 6) is -0.301. The Morgan fingerprint density at radius 1 is 1.00 bits per heavy atom. The number of hydrogen-bond donors (Lipinski definition) is 2. The molecule has 3 N–H and O–H groups in total. The highest BCUT2D eigenvalue weighted by Gasteiger charge is 2.22. The minimum Gasteiger partial charge on any atom is -0.388 e. The highest BCUT2D eigenvalue weighted by atomic mass is 79.9. The van der Waals surface area contributed by atoms with Gasteiger partial charge in [-0.25, -0.2) is 0 Å².